The van der Waals surface area contributed by atoms with E-state index in [1.165, 1.54) is 61.2 Å². The molecule has 538 valence electrons. The summed E-state index contributed by atoms with van der Waals surface area (Å²) in [6, 6.07) is 28.6. The number of rotatable bonds is 8. The highest BCUT2D eigenvalue weighted by molar-refractivity contribution is 5.77. The summed E-state index contributed by atoms with van der Waals surface area (Å²) in [4.78, 5) is 30.5. The Hall–Kier alpha value is -10.8. The van der Waals surface area contributed by atoms with Gasteiger partial charge in [-0.1, -0.05) is 69.2 Å². The van der Waals surface area contributed by atoms with Crippen LogP contribution in [0.4, 0.5) is 0 Å². The van der Waals surface area contributed by atoms with Crippen molar-refractivity contribution >= 4 is 61.2 Å². The van der Waals surface area contributed by atoms with E-state index in [2.05, 4.69) is 291 Å². The normalized spacial score (nSPS) is 11.4. The van der Waals surface area contributed by atoms with Crippen LogP contribution >= 0.6 is 0 Å². The van der Waals surface area contributed by atoms with Crippen LogP contribution in [0.3, 0.4) is 0 Å². The van der Waals surface area contributed by atoms with Crippen molar-refractivity contribution < 1.29 is 0 Å². The van der Waals surface area contributed by atoms with Gasteiger partial charge in [-0.3, -0.25) is 0 Å². The van der Waals surface area contributed by atoms with Gasteiger partial charge in [0.15, 0.2) is 22.6 Å². The van der Waals surface area contributed by atoms with E-state index in [4.69, 9.17) is 0 Å². The van der Waals surface area contributed by atoms with E-state index in [1.807, 2.05) is 143 Å². The van der Waals surface area contributed by atoms with Crippen LogP contribution < -0.4 is 0 Å². The van der Waals surface area contributed by atoms with Crippen LogP contribution in [0.25, 0.3) is 61.2 Å². The zero-order valence-corrected chi connectivity index (χ0v) is 64.8. The molecule has 16 rings (SSSR count). The second kappa shape index (κ2) is 34.3. The maximum atomic E-state index is 4.42. The van der Waals surface area contributed by atoms with Crippen LogP contribution in [0.1, 0.15) is 226 Å². The number of nitrogens with zero attached hydrogens (tertiary/aromatic N) is 20. The molecule has 0 radical (unpaired) electrons. The first kappa shape index (κ1) is 76.4. The Bertz CT molecular complexity index is 4550. The van der Waals surface area contributed by atoms with Gasteiger partial charge in [0, 0.05) is 108 Å². The van der Waals surface area contributed by atoms with E-state index in [1.54, 1.807) is 0 Å². The maximum absolute atomic E-state index is 4.42. The largest absolute Gasteiger partial charge is 0.330 e. The predicted octanol–water partition coefficient (Wildman–Crippen LogP) is 19.9. The highest BCUT2D eigenvalue weighted by atomic mass is 15.3. The van der Waals surface area contributed by atoms with Gasteiger partial charge in [0.25, 0.3) is 0 Å². The van der Waals surface area contributed by atoms with Crippen molar-refractivity contribution in [2.24, 2.45) is 0 Å². The average molecular weight is 1380 g/mol. The number of hydrogen-bond acceptors (Lipinski definition) is 12. The number of fused-ring (bicyclic) bond motifs is 8. The van der Waals surface area contributed by atoms with E-state index in [0.29, 0.717) is 47.7 Å². The molecule has 0 aromatic carbocycles. The molecule has 0 N–H and O–H groups in total. The molecule has 20 heteroatoms. The van der Waals surface area contributed by atoms with Gasteiger partial charge in [-0.25, -0.2) is 57.6 Å². The monoisotopic (exact) mass is 1380 g/mol. The Balaban J connectivity index is 0.000000137. The Labute approximate surface area is 607 Å². The van der Waals surface area contributed by atoms with Gasteiger partial charge in [-0.15, -0.1) is 0 Å². The summed E-state index contributed by atoms with van der Waals surface area (Å²) in [5.74, 6) is 2.54. The summed E-state index contributed by atoms with van der Waals surface area (Å²) in [5.41, 5.74) is 23.8. The van der Waals surface area contributed by atoms with Crippen molar-refractivity contribution in [1.82, 2.24) is 96.7 Å². The molecule has 0 saturated carbocycles. The molecular weight excluding hydrogens is 1280 g/mol. The molecule has 0 aliphatic carbocycles. The molecule has 0 aliphatic heterocycles. The van der Waals surface area contributed by atoms with E-state index >= 15 is 0 Å². The van der Waals surface area contributed by atoms with Crippen molar-refractivity contribution in [1.29, 1.82) is 0 Å². The minimum atomic E-state index is 0.368. The number of hydrogen-bond donors (Lipinski definition) is 0. The zero-order chi connectivity index (χ0) is 74.5. The van der Waals surface area contributed by atoms with Crippen molar-refractivity contribution in [2.75, 3.05) is 0 Å². The predicted molar refractivity (Wildman–Crippen MR) is 421 cm³/mol. The molecule has 16 aromatic rings. The molecule has 0 amide bonds. The van der Waals surface area contributed by atoms with E-state index in [9.17, 15) is 0 Å². The maximum Gasteiger partial charge on any atom is 0.160 e. The lowest BCUT2D eigenvalue weighted by Crippen LogP contribution is -2.02. The smallest absolute Gasteiger partial charge is 0.160 e. The number of aromatic nitrogens is 20. The van der Waals surface area contributed by atoms with Gasteiger partial charge < -0.3 is 13.5 Å². The Kier molecular flexibility index (Phi) is 25.4. The Morgan fingerprint density at radius 3 is 1.50 bits per heavy atom. The molecule has 16 heterocycles. The summed E-state index contributed by atoms with van der Waals surface area (Å²) < 4.78 is 16.0. The fraction of sp³-hybridized carbons (Fsp3) is 0.373. The summed E-state index contributed by atoms with van der Waals surface area (Å²) >= 11 is 0. The van der Waals surface area contributed by atoms with E-state index < -0.39 is 0 Å². The summed E-state index contributed by atoms with van der Waals surface area (Å²) in [6.07, 6.45) is 30.8. The topological polar surface area (TPSA) is 192 Å². The van der Waals surface area contributed by atoms with Gasteiger partial charge in [-0.05, 0) is 243 Å². The molecule has 103 heavy (non-hydrogen) atoms. The van der Waals surface area contributed by atoms with Crippen LogP contribution in [-0.2, 0) is 0 Å². The molecule has 20 nitrogen and oxygen atoms in total. The van der Waals surface area contributed by atoms with Gasteiger partial charge in [0.2, 0.25) is 0 Å². The van der Waals surface area contributed by atoms with Crippen LogP contribution in [0.2, 0.25) is 0 Å². The first-order valence-electron chi connectivity index (χ1n) is 36.0. The van der Waals surface area contributed by atoms with Gasteiger partial charge >= 0.3 is 0 Å². The summed E-state index contributed by atoms with van der Waals surface area (Å²) in [7, 11) is 0. The van der Waals surface area contributed by atoms with E-state index in [0.717, 1.165) is 67.2 Å². The lowest BCUT2D eigenvalue weighted by atomic mass is 10.1. The SMILES string of the molecule is CC(C)c1ccc2cccnn12.Cc1cnc2c(C(C)C)ccn2c1.Cc1cnc2c(C(C)C)cnn2c1.Cc1cnc2c(c1)ncn2C(C)C.Cc1cnc2c(ccn2C(C)C)c1.Cc1cnc2c(cnn2C(C)C)c1.Cc1cnn2c(C(C)C)ccc2c1.Cc1cnn2c(C(C)C)cnc2c1. The van der Waals surface area contributed by atoms with Crippen molar-refractivity contribution in [3.63, 3.8) is 0 Å². The number of imidazole rings is 2. The van der Waals surface area contributed by atoms with Gasteiger partial charge in [0.05, 0.1) is 54.0 Å². The molecule has 0 saturated heterocycles. The minimum Gasteiger partial charge on any atom is -0.330 e. The fourth-order valence-electron chi connectivity index (χ4n) is 11.7. The molecule has 0 spiro atoms. The van der Waals surface area contributed by atoms with Crippen LogP contribution in [-0.4, -0.2) is 96.7 Å². The van der Waals surface area contributed by atoms with Crippen molar-refractivity contribution in [3.8, 4) is 0 Å². The van der Waals surface area contributed by atoms with Gasteiger partial charge in [-0.2, -0.15) is 25.5 Å². The molecular formula is C83H106N20. The third-order valence-electron chi connectivity index (χ3n) is 17.2. The minimum absolute atomic E-state index is 0.368. The van der Waals surface area contributed by atoms with Crippen LogP contribution in [0, 0.1) is 48.5 Å². The van der Waals surface area contributed by atoms with Crippen LogP contribution in [0.5, 0.6) is 0 Å². The zero-order valence-electron chi connectivity index (χ0n) is 64.8. The molecule has 0 aliphatic rings. The number of pyridine rings is 3. The lowest BCUT2D eigenvalue weighted by Gasteiger charge is -2.07. The third-order valence-corrected chi connectivity index (χ3v) is 17.2. The third kappa shape index (κ3) is 19.1. The van der Waals surface area contributed by atoms with Crippen LogP contribution in [0.15, 0.2) is 178 Å². The quantitative estimate of drug-likeness (QED) is 0.140. The highest BCUT2D eigenvalue weighted by Crippen LogP contribution is 2.25. The Morgan fingerprint density at radius 2 is 0.864 bits per heavy atom. The lowest BCUT2D eigenvalue weighted by molar-refractivity contribution is 0.546. The molecule has 16 aromatic heterocycles. The summed E-state index contributed by atoms with van der Waals surface area (Å²) in [5, 5.41) is 23.9. The number of aryl methyl sites for hydroxylation is 7. The van der Waals surface area contributed by atoms with Gasteiger partial charge in [0.1, 0.15) is 16.8 Å². The first-order chi connectivity index (χ1) is 49.1. The Morgan fingerprint density at radius 1 is 0.320 bits per heavy atom. The van der Waals surface area contributed by atoms with Crippen molar-refractivity contribution in [2.45, 2.75) is 207 Å². The standard InChI is InChI=1S/3C11H14N2.4C10H13N3.C10H12N2/c1-8(2)10-4-5-13-7-9(3)6-12-11(10)13;1-8(2)13-5-4-10-6-9(3)7-12-11(10)13;1-8(2)11-5-4-10-6-9(3)7-12-13(10)11;1-7(2)9-5-12-13-6-8(3)4-11-10(9)13;1-7(2)9-6-11-10-4-8(3)5-12-13(9)10;1-7(2)13-6-12-9-4-8(3)5-11-10(9)13;1-7(2)13-10-9(6-12-13)4-8(3)5-11-10;1-8(2)10-6-5-9-4-3-7-11-12(9)10/h3*4-8H,1-3H3;4*4-7H,1-3H3;3-8H,1-2H3. The van der Waals surface area contributed by atoms with E-state index in [-0.39, 0.29) is 0 Å². The second-order valence-electron chi connectivity index (χ2n) is 29.1. The first-order valence-corrected chi connectivity index (χ1v) is 36.0. The average Bonchev–Trinajstić information content (AvgIpc) is 1.74. The second-order valence-corrected chi connectivity index (χ2v) is 29.1. The molecule has 0 atom stereocenters. The van der Waals surface area contributed by atoms with Crippen molar-refractivity contribution in [3.05, 3.63) is 245 Å². The molecule has 0 fully saturated rings. The summed E-state index contributed by atoms with van der Waals surface area (Å²) in [6.45, 7) is 48.8. The fourth-order valence-corrected chi connectivity index (χ4v) is 11.7. The molecule has 0 bridgehead atoms. The highest BCUT2D eigenvalue weighted by Gasteiger charge is 2.13. The molecule has 0 unspecified atom stereocenters.